The smallest absolute Gasteiger partial charge is 0.272 e. The van der Waals surface area contributed by atoms with Gasteiger partial charge in [0.05, 0.1) is 32.5 Å². The van der Waals surface area contributed by atoms with Crippen LogP contribution >= 0.6 is 11.8 Å². The molecule has 1 fully saturated rings. The highest BCUT2D eigenvalue weighted by Gasteiger charge is 2.43. The molecule has 3 aromatic carbocycles. The Morgan fingerprint density at radius 2 is 1.47 bits per heavy atom. The summed E-state index contributed by atoms with van der Waals surface area (Å²) in [7, 11) is 0. The van der Waals surface area contributed by atoms with Crippen molar-refractivity contribution in [2.45, 2.75) is 34.6 Å². The van der Waals surface area contributed by atoms with Crippen LogP contribution in [-0.4, -0.2) is 28.5 Å². The van der Waals surface area contributed by atoms with Crippen LogP contribution in [0.25, 0.3) is 5.57 Å². The van der Waals surface area contributed by atoms with Crippen molar-refractivity contribution in [3.05, 3.63) is 97.4 Å². The summed E-state index contributed by atoms with van der Waals surface area (Å²) in [5, 5.41) is 11.9. The lowest BCUT2D eigenvalue weighted by atomic mass is 10.1. The van der Waals surface area contributed by atoms with Crippen LogP contribution in [0.5, 0.6) is 0 Å². The van der Waals surface area contributed by atoms with Crippen LogP contribution in [0.3, 0.4) is 0 Å². The highest BCUT2D eigenvalue weighted by atomic mass is 32.2. The number of carbonyl (C=O) groups excluding carboxylic acids is 2. The summed E-state index contributed by atoms with van der Waals surface area (Å²) in [6, 6.07) is 16.1. The number of nitro benzene ring substituents is 1. The van der Waals surface area contributed by atoms with E-state index in [4.69, 9.17) is 4.99 Å². The van der Waals surface area contributed by atoms with E-state index in [1.165, 1.54) is 21.9 Å². The van der Waals surface area contributed by atoms with Gasteiger partial charge in [-0.2, -0.15) is 0 Å². The van der Waals surface area contributed by atoms with E-state index in [0.29, 0.717) is 34.3 Å². The Morgan fingerprint density at radius 3 is 2.05 bits per heavy atom. The molecule has 0 N–H and O–H groups in total. The number of aryl methyl sites for hydroxylation is 4. The van der Waals surface area contributed by atoms with Crippen molar-refractivity contribution >= 4 is 57.1 Å². The second kappa shape index (κ2) is 9.57. The number of fused-ring (bicyclic) bond motifs is 1. The first-order chi connectivity index (χ1) is 18.1. The van der Waals surface area contributed by atoms with Crippen LogP contribution in [0.1, 0.15) is 34.7 Å². The summed E-state index contributed by atoms with van der Waals surface area (Å²) in [6.07, 6.45) is 0. The Labute approximate surface area is 224 Å². The Balaban J connectivity index is 1.74. The number of nitrogens with zero attached hydrogens (tertiary/aromatic N) is 4. The number of benzene rings is 3. The van der Waals surface area contributed by atoms with Gasteiger partial charge in [0.1, 0.15) is 0 Å². The second-order valence-electron chi connectivity index (χ2n) is 9.54. The zero-order chi connectivity index (χ0) is 27.3. The topological polar surface area (TPSA) is 96.1 Å². The SMILES string of the molecule is CCN1C(=O)/C(=C2/SC(=Nc3cc(C)cc(C)c3)N(c3cc(C)cc(C)c3)C2=O)c2cc([N+](=O)[O-])ccc21. The minimum atomic E-state index is -0.500. The predicted octanol–water partition coefficient (Wildman–Crippen LogP) is 6.37. The van der Waals surface area contributed by atoms with Crippen molar-refractivity contribution in [2.75, 3.05) is 16.3 Å². The molecule has 0 spiro atoms. The van der Waals surface area contributed by atoms with E-state index in [-0.39, 0.29) is 28.0 Å². The number of anilines is 2. The standard InChI is InChI=1S/C29H26N4O4S/c1-6-31-24-8-7-21(33(36)37)15-23(24)25(27(31)34)26-28(35)32(22-13-18(4)10-19(5)14-22)29(38-26)30-20-11-16(2)9-17(3)12-20/h7-15H,6H2,1-5H3/b26-25+,30-29?. The number of likely N-dealkylation sites (N-methyl/N-ethyl adjacent to an activating group) is 1. The third kappa shape index (κ3) is 4.39. The minimum Gasteiger partial charge on any atom is -0.308 e. The molecule has 0 atom stereocenters. The van der Waals surface area contributed by atoms with E-state index in [9.17, 15) is 19.7 Å². The minimum absolute atomic E-state index is 0.140. The third-order valence-corrected chi connectivity index (χ3v) is 7.47. The number of rotatable bonds is 4. The van der Waals surface area contributed by atoms with Crippen LogP contribution in [0.2, 0.25) is 0 Å². The number of nitro groups is 1. The van der Waals surface area contributed by atoms with Crippen molar-refractivity contribution in [3.8, 4) is 0 Å². The molecule has 0 unspecified atom stereocenters. The summed E-state index contributed by atoms with van der Waals surface area (Å²) >= 11 is 1.12. The molecule has 192 valence electrons. The molecule has 2 heterocycles. The van der Waals surface area contributed by atoms with Crippen LogP contribution in [0, 0.1) is 37.8 Å². The van der Waals surface area contributed by atoms with Gasteiger partial charge in [0.2, 0.25) is 0 Å². The van der Waals surface area contributed by atoms with Crippen molar-refractivity contribution in [1.29, 1.82) is 0 Å². The van der Waals surface area contributed by atoms with Crippen molar-refractivity contribution < 1.29 is 14.5 Å². The van der Waals surface area contributed by atoms with Crippen LogP contribution < -0.4 is 9.80 Å². The summed E-state index contributed by atoms with van der Waals surface area (Å²) < 4.78 is 0. The molecule has 0 radical (unpaired) electrons. The van der Waals surface area contributed by atoms with E-state index >= 15 is 0 Å². The number of hydrogen-bond donors (Lipinski definition) is 0. The Morgan fingerprint density at radius 1 is 0.868 bits per heavy atom. The molecule has 2 aliphatic heterocycles. The lowest BCUT2D eigenvalue weighted by Gasteiger charge is -2.17. The summed E-state index contributed by atoms with van der Waals surface area (Å²) in [5.41, 5.74) is 6.37. The lowest BCUT2D eigenvalue weighted by molar-refractivity contribution is -0.384. The van der Waals surface area contributed by atoms with Gasteiger partial charge in [0.15, 0.2) is 5.17 Å². The van der Waals surface area contributed by atoms with Gasteiger partial charge in [0, 0.05) is 24.2 Å². The Bertz CT molecular complexity index is 1570. The zero-order valence-electron chi connectivity index (χ0n) is 21.7. The normalized spacial score (nSPS) is 18.1. The van der Waals surface area contributed by atoms with Gasteiger partial charge in [0.25, 0.3) is 17.5 Å². The van der Waals surface area contributed by atoms with Gasteiger partial charge in [-0.25, -0.2) is 4.99 Å². The highest BCUT2D eigenvalue weighted by Crippen LogP contribution is 2.47. The van der Waals surface area contributed by atoms with Gasteiger partial charge in [-0.05, 0) is 99.0 Å². The van der Waals surface area contributed by atoms with Crippen molar-refractivity contribution in [1.82, 2.24) is 0 Å². The largest absolute Gasteiger partial charge is 0.308 e. The lowest BCUT2D eigenvalue weighted by Crippen LogP contribution is -2.30. The molecule has 2 amide bonds. The molecule has 8 nitrogen and oxygen atoms in total. The highest BCUT2D eigenvalue weighted by molar-refractivity contribution is 8.19. The quantitative estimate of drug-likeness (QED) is 0.223. The molecule has 5 rings (SSSR count). The average Bonchev–Trinajstić information content (AvgIpc) is 3.29. The molecule has 2 aliphatic rings. The van der Waals surface area contributed by atoms with E-state index in [2.05, 4.69) is 0 Å². The Hall–Kier alpha value is -4.24. The maximum absolute atomic E-state index is 14.1. The van der Waals surface area contributed by atoms with Gasteiger partial charge in [-0.3, -0.25) is 24.6 Å². The fourth-order valence-corrected chi connectivity index (χ4v) is 6.09. The first-order valence-electron chi connectivity index (χ1n) is 12.2. The van der Waals surface area contributed by atoms with Gasteiger partial charge in [-0.1, -0.05) is 12.1 Å². The number of amides is 2. The molecule has 1 saturated heterocycles. The van der Waals surface area contributed by atoms with E-state index in [1.54, 1.807) is 6.07 Å². The third-order valence-electron chi connectivity index (χ3n) is 6.43. The van der Waals surface area contributed by atoms with E-state index in [1.807, 2.05) is 71.0 Å². The summed E-state index contributed by atoms with van der Waals surface area (Å²) in [6.45, 7) is 10.1. The van der Waals surface area contributed by atoms with Crippen LogP contribution in [0.4, 0.5) is 22.7 Å². The molecule has 0 bridgehead atoms. The first kappa shape index (κ1) is 25.4. The number of carbonyl (C=O) groups is 2. The van der Waals surface area contributed by atoms with Gasteiger partial charge < -0.3 is 4.90 Å². The summed E-state index contributed by atoms with van der Waals surface area (Å²) in [4.78, 5) is 46.8. The zero-order valence-corrected chi connectivity index (χ0v) is 22.5. The van der Waals surface area contributed by atoms with E-state index < -0.39 is 4.92 Å². The van der Waals surface area contributed by atoms with Gasteiger partial charge >= 0.3 is 0 Å². The predicted molar refractivity (Wildman–Crippen MR) is 152 cm³/mol. The van der Waals surface area contributed by atoms with Gasteiger partial charge in [-0.15, -0.1) is 0 Å². The maximum Gasteiger partial charge on any atom is 0.272 e. The molecule has 38 heavy (non-hydrogen) atoms. The molecular weight excluding hydrogens is 500 g/mol. The first-order valence-corrected chi connectivity index (χ1v) is 13.0. The molecule has 0 aromatic heterocycles. The molecule has 3 aromatic rings. The van der Waals surface area contributed by atoms with Crippen LogP contribution in [-0.2, 0) is 9.59 Å². The average molecular weight is 527 g/mol. The molecular formula is C29H26N4O4S. The monoisotopic (exact) mass is 526 g/mol. The Kier molecular flexibility index (Phi) is 6.40. The van der Waals surface area contributed by atoms with Crippen LogP contribution in [0.15, 0.2) is 64.5 Å². The summed E-state index contributed by atoms with van der Waals surface area (Å²) in [5.74, 6) is -0.742. The van der Waals surface area contributed by atoms with Crippen molar-refractivity contribution in [3.63, 3.8) is 0 Å². The number of thioether (sulfide) groups is 1. The van der Waals surface area contributed by atoms with E-state index in [0.717, 1.165) is 34.0 Å². The fourth-order valence-electron chi connectivity index (χ4n) is 5.00. The number of amidine groups is 1. The number of hydrogen-bond acceptors (Lipinski definition) is 6. The van der Waals surface area contributed by atoms with Crippen molar-refractivity contribution in [2.24, 2.45) is 4.99 Å². The molecule has 0 aliphatic carbocycles. The molecule has 0 saturated carbocycles. The maximum atomic E-state index is 14.1. The fraction of sp³-hybridized carbons (Fsp3) is 0.207. The number of non-ortho nitro benzene ring substituents is 1. The molecule has 9 heteroatoms. The number of aliphatic imine (C=N–C) groups is 1. The second-order valence-corrected chi connectivity index (χ2v) is 10.5.